The molecule has 0 N–H and O–H groups in total. The van der Waals surface area contributed by atoms with Gasteiger partial charge in [0.05, 0.1) is 6.42 Å². The van der Waals surface area contributed by atoms with Crippen LogP contribution in [0.1, 0.15) is 13.3 Å². The van der Waals surface area contributed by atoms with E-state index in [1.54, 1.807) is 0 Å². The summed E-state index contributed by atoms with van der Waals surface area (Å²) in [6.45, 7) is 4.48. The van der Waals surface area contributed by atoms with Gasteiger partial charge in [-0.1, -0.05) is 6.58 Å². The second-order valence-electron chi connectivity index (χ2n) is 3.37. The van der Waals surface area contributed by atoms with Gasteiger partial charge in [-0.3, -0.25) is 9.59 Å². The minimum atomic E-state index is -4.95. The summed E-state index contributed by atoms with van der Waals surface area (Å²) in [6, 6.07) is 0. The molecule has 1 unspecified atom stereocenters. The molecule has 0 aromatic rings. The number of hydrogen-bond donors (Lipinski definition) is 0. The van der Waals surface area contributed by atoms with E-state index in [9.17, 15) is 27.4 Å². The number of hydroxylamine groups is 2. The first kappa shape index (κ1) is 17.3. The third kappa shape index (κ3) is 3.62. The van der Waals surface area contributed by atoms with Gasteiger partial charge in [0, 0.05) is 5.57 Å². The first-order valence-corrected chi connectivity index (χ1v) is 5.81. The van der Waals surface area contributed by atoms with Crippen LogP contribution in [0.15, 0.2) is 12.2 Å². The van der Waals surface area contributed by atoms with Crippen LogP contribution in [0, 0.1) is 0 Å². The van der Waals surface area contributed by atoms with E-state index in [0.717, 1.165) is 0 Å². The fraction of sp³-hybridized carbons (Fsp3) is 0.375. The molecule has 0 aromatic carbocycles. The Kier molecular flexibility index (Phi) is 5.69. The molecule has 1 fully saturated rings. The molecular formula is C8H8NNaO7S. The summed E-state index contributed by atoms with van der Waals surface area (Å²) in [4.78, 5) is 37.9. The molecule has 94 valence electrons. The molecule has 0 bridgehead atoms. The van der Waals surface area contributed by atoms with E-state index in [-0.39, 0.29) is 40.2 Å². The Morgan fingerprint density at radius 1 is 1.50 bits per heavy atom. The van der Waals surface area contributed by atoms with E-state index in [4.69, 9.17) is 0 Å². The summed E-state index contributed by atoms with van der Waals surface area (Å²) in [6.07, 6.45) is -0.825. The number of nitrogens with zero attached hydrogens (tertiary/aromatic N) is 1. The summed E-state index contributed by atoms with van der Waals surface area (Å²) in [5.74, 6) is -3.48. The molecule has 0 saturated carbocycles. The number of imide groups is 1. The minimum absolute atomic E-state index is 0. The maximum Gasteiger partial charge on any atom is 1.00 e. The molecule has 18 heavy (non-hydrogen) atoms. The van der Waals surface area contributed by atoms with Crippen molar-refractivity contribution < 1.29 is 61.7 Å². The molecule has 0 radical (unpaired) electrons. The van der Waals surface area contributed by atoms with Crippen LogP contribution in [-0.2, 0) is 29.3 Å². The molecule has 1 rings (SSSR count). The van der Waals surface area contributed by atoms with E-state index >= 15 is 0 Å². The Morgan fingerprint density at radius 3 is 2.33 bits per heavy atom. The van der Waals surface area contributed by atoms with Gasteiger partial charge < -0.3 is 9.39 Å². The molecule has 0 aliphatic carbocycles. The molecule has 10 heteroatoms. The Bertz CT molecular complexity index is 512. The van der Waals surface area contributed by atoms with Crippen molar-refractivity contribution in [1.29, 1.82) is 0 Å². The Morgan fingerprint density at radius 2 is 2.00 bits per heavy atom. The predicted molar refractivity (Wildman–Crippen MR) is 50.9 cm³/mol. The van der Waals surface area contributed by atoms with Crippen LogP contribution < -0.4 is 29.6 Å². The summed E-state index contributed by atoms with van der Waals surface area (Å²) < 4.78 is 31.9. The van der Waals surface area contributed by atoms with E-state index in [0.29, 0.717) is 0 Å². The van der Waals surface area contributed by atoms with Crippen molar-refractivity contribution in [3.05, 3.63) is 12.2 Å². The van der Waals surface area contributed by atoms with E-state index in [2.05, 4.69) is 11.4 Å². The van der Waals surface area contributed by atoms with Crippen molar-refractivity contribution in [1.82, 2.24) is 5.06 Å². The van der Waals surface area contributed by atoms with Gasteiger partial charge in [0.15, 0.2) is 0 Å². The van der Waals surface area contributed by atoms with Crippen molar-refractivity contribution in [3.8, 4) is 0 Å². The quantitative estimate of drug-likeness (QED) is 0.222. The predicted octanol–water partition coefficient (Wildman–Crippen LogP) is -4.30. The molecule has 2 amide bonds. The van der Waals surface area contributed by atoms with Crippen LogP contribution >= 0.6 is 0 Å². The number of rotatable bonds is 3. The monoisotopic (exact) mass is 285 g/mol. The van der Waals surface area contributed by atoms with Crippen LogP contribution in [-0.4, -0.2) is 41.1 Å². The molecule has 1 atom stereocenters. The zero-order valence-electron chi connectivity index (χ0n) is 9.70. The largest absolute Gasteiger partial charge is 1.00 e. The number of carbonyl (C=O) groups is 3. The van der Waals surface area contributed by atoms with Crippen molar-refractivity contribution in [3.63, 3.8) is 0 Å². The van der Waals surface area contributed by atoms with Crippen molar-refractivity contribution in [2.75, 3.05) is 0 Å². The number of hydrogen-bond acceptors (Lipinski definition) is 7. The van der Waals surface area contributed by atoms with E-state index in [1.807, 2.05) is 0 Å². The number of amides is 2. The van der Waals surface area contributed by atoms with Gasteiger partial charge in [-0.05, 0) is 6.92 Å². The topological polar surface area (TPSA) is 121 Å². The zero-order chi connectivity index (χ0) is 13.4. The van der Waals surface area contributed by atoms with Crippen molar-refractivity contribution in [2.24, 2.45) is 0 Å². The van der Waals surface area contributed by atoms with Crippen LogP contribution in [0.3, 0.4) is 0 Å². The second-order valence-corrected chi connectivity index (χ2v) is 4.93. The Balaban J connectivity index is 0.00000289. The Hall–Kier alpha value is -0.740. The van der Waals surface area contributed by atoms with Crippen LogP contribution in [0.5, 0.6) is 0 Å². The fourth-order valence-corrected chi connectivity index (χ4v) is 1.75. The average molecular weight is 285 g/mol. The fourth-order valence-electron chi connectivity index (χ4n) is 1.06. The van der Waals surface area contributed by atoms with Gasteiger partial charge in [0.25, 0.3) is 11.8 Å². The van der Waals surface area contributed by atoms with Gasteiger partial charge in [0.1, 0.15) is 15.4 Å². The van der Waals surface area contributed by atoms with Gasteiger partial charge in [-0.2, -0.15) is 0 Å². The van der Waals surface area contributed by atoms with Crippen LogP contribution in [0.2, 0.25) is 0 Å². The molecule has 1 saturated heterocycles. The smallest absolute Gasteiger partial charge is 0.747 e. The standard InChI is InChI=1S/C8H9NO7S.Na/c1-4(2)8(12)16-9-6(10)3-5(7(9)11)17(13,14)15;/h5H,1,3H2,2H3,(H,13,14,15);/q;+1/p-1. The third-order valence-electron chi connectivity index (χ3n) is 1.93. The molecule has 8 nitrogen and oxygen atoms in total. The maximum absolute atomic E-state index is 11.3. The van der Waals surface area contributed by atoms with E-state index in [1.165, 1.54) is 6.92 Å². The third-order valence-corrected chi connectivity index (χ3v) is 3.00. The SMILES string of the molecule is C=C(C)C(=O)ON1C(=O)CC(S(=O)(=O)[O-])C1=O.[Na+]. The Labute approximate surface area is 125 Å². The summed E-state index contributed by atoms with van der Waals surface area (Å²) in [5, 5.41) is -2.05. The maximum atomic E-state index is 11.3. The molecule has 0 spiro atoms. The number of carbonyl (C=O) groups excluding carboxylic acids is 3. The minimum Gasteiger partial charge on any atom is -0.747 e. The molecule has 0 aromatic heterocycles. The normalized spacial score (nSPS) is 19.4. The molecule has 1 aliphatic rings. The van der Waals surface area contributed by atoms with Crippen molar-refractivity contribution >= 4 is 27.9 Å². The van der Waals surface area contributed by atoms with Gasteiger partial charge in [0.2, 0.25) is 0 Å². The zero-order valence-corrected chi connectivity index (χ0v) is 12.5. The molecular weight excluding hydrogens is 277 g/mol. The van der Waals surface area contributed by atoms with Gasteiger partial charge in [-0.25, -0.2) is 13.2 Å². The first-order valence-electron chi connectivity index (χ1n) is 4.34. The molecule has 1 heterocycles. The first-order chi connectivity index (χ1) is 7.64. The van der Waals surface area contributed by atoms with Crippen molar-refractivity contribution in [2.45, 2.75) is 18.6 Å². The van der Waals surface area contributed by atoms with Gasteiger partial charge >= 0.3 is 35.5 Å². The molecule has 1 aliphatic heterocycles. The van der Waals surface area contributed by atoms with Crippen LogP contribution in [0.25, 0.3) is 0 Å². The average Bonchev–Trinajstić information content (AvgIpc) is 2.44. The summed E-state index contributed by atoms with van der Waals surface area (Å²) in [7, 11) is -4.95. The van der Waals surface area contributed by atoms with E-state index < -0.39 is 39.6 Å². The van der Waals surface area contributed by atoms with Gasteiger partial charge in [-0.15, -0.1) is 5.06 Å². The second kappa shape index (κ2) is 5.93. The van der Waals surface area contributed by atoms with Crippen LogP contribution in [0.4, 0.5) is 0 Å². The summed E-state index contributed by atoms with van der Waals surface area (Å²) in [5.41, 5.74) is -0.0842. The summed E-state index contributed by atoms with van der Waals surface area (Å²) >= 11 is 0.